The largest absolute Gasteiger partial charge is 0.369 e. The van der Waals surface area contributed by atoms with Crippen molar-refractivity contribution in [2.75, 3.05) is 56.5 Å². The molecule has 4 aromatic rings. The molecule has 0 atom stereocenters. The van der Waals surface area contributed by atoms with Crippen LogP contribution in [0.5, 0.6) is 0 Å². The molecule has 10 heteroatoms. The normalized spacial score (nSPS) is 17.3. The van der Waals surface area contributed by atoms with Gasteiger partial charge in [-0.1, -0.05) is 0 Å². The summed E-state index contributed by atoms with van der Waals surface area (Å²) >= 11 is 1.64. The van der Waals surface area contributed by atoms with E-state index in [4.69, 9.17) is 4.98 Å². The molecule has 3 aromatic heterocycles. The Morgan fingerprint density at radius 3 is 2.55 bits per heavy atom. The van der Waals surface area contributed by atoms with Crippen molar-refractivity contribution < 1.29 is 0 Å². The Morgan fingerprint density at radius 1 is 1.05 bits per heavy atom. The summed E-state index contributed by atoms with van der Waals surface area (Å²) in [5.41, 5.74) is 3.40. The molecule has 0 radical (unpaired) electrons. The summed E-state index contributed by atoms with van der Waals surface area (Å²) in [4.78, 5) is 33.2. The molecule has 0 unspecified atom stereocenters. The van der Waals surface area contributed by atoms with Gasteiger partial charge in [-0.2, -0.15) is 4.98 Å². The topological polar surface area (TPSA) is 91.2 Å². The van der Waals surface area contributed by atoms with Crippen molar-refractivity contribution in [1.82, 2.24) is 29.7 Å². The van der Waals surface area contributed by atoms with Crippen molar-refractivity contribution in [1.29, 1.82) is 0 Å². The van der Waals surface area contributed by atoms with E-state index in [1.165, 1.54) is 5.69 Å². The number of likely N-dealkylation sites (N-methyl/N-ethyl adjacent to an activating group) is 1. The summed E-state index contributed by atoms with van der Waals surface area (Å²) in [6.45, 7) is 8.77. The number of aryl methyl sites for hydroxylation is 1. The number of fused-ring (bicyclic) bond motifs is 1. The van der Waals surface area contributed by atoms with Crippen molar-refractivity contribution in [3.8, 4) is 10.4 Å². The second kappa shape index (κ2) is 10.8. The summed E-state index contributed by atoms with van der Waals surface area (Å²) in [7, 11) is 2.16. The van der Waals surface area contributed by atoms with Crippen molar-refractivity contribution in [3.63, 3.8) is 0 Å². The van der Waals surface area contributed by atoms with Crippen molar-refractivity contribution in [2.45, 2.75) is 32.2 Å². The average molecular weight is 531 g/mol. The third-order valence-corrected chi connectivity index (χ3v) is 8.81. The molecule has 2 fully saturated rings. The zero-order chi connectivity index (χ0) is 26.1. The smallest absolute Gasteiger partial charge is 0.260 e. The Bertz CT molecular complexity index is 1470. The van der Waals surface area contributed by atoms with Crippen molar-refractivity contribution in [3.05, 3.63) is 58.1 Å². The van der Waals surface area contributed by atoms with E-state index in [2.05, 4.69) is 61.7 Å². The zero-order valence-corrected chi connectivity index (χ0v) is 22.8. The number of nitrogens with zero attached hydrogens (tertiary/aromatic N) is 6. The predicted octanol–water partition coefficient (Wildman–Crippen LogP) is 3.90. The van der Waals surface area contributed by atoms with Gasteiger partial charge in [-0.05, 0) is 70.2 Å². The number of thiazole rings is 1. The molecule has 0 bridgehead atoms. The van der Waals surface area contributed by atoms with Crippen LogP contribution in [-0.4, -0.2) is 70.7 Å². The van der Waals surface area contributed by atoms with Gasteiger partial charge < -0.3 is 20.4 Å². The highest BCUT2D eigenvalue weighted by Gasteiger charge is 2.21. The molecule has 2 aliphatic heterocycles. The molecule has 5 heterocycles. The number of aromatic nitrogens is 4. The number of rotatable bonds is 6. The molecule has 1 aromatic carbocycles. The van der Waals surface area contributed by atoms with Gasteiger partial charge in [0.2, 0.25) is 5.95 Å². The van der Waals surface area contributed by atoms with Gasteiger partial charge in [0.25, 0.3) is 5.56 Å². The van der Waals surface area contributed by atoms with Gasteiger partial charge in [-0.3, -0.25) is 9.36 Å². The van der Waals surface area contributed by atoms with Crippen LogP contribution in [0.1, 0.15) is 30.7 Å². The van der Waals surface area contributed by atoms with E-state index in [0.717, 1.165) is 73.1 Å². The Kier molecular flexibility index (Phi) is 7.10. The van der Waals surface area contributed by atoms with Crippen LogP contribution in [0.2, 0.25) is 0 Å². The lowest BCUT2D eigenvalue weighted by atomic mass is 9.99. The van der Waals surface area contributed by atoms with Gasteiger partial charge >= 0.3 is 0 Å². The number of benzene rings is 1. The first-order chi connectivity index (χ1) is 18.6. The Morgan fingerprint density at radius 2 is 1.82 bits per heavy atom. The van der Waals surface area contributed by atoms with Crippen LogP contribution in [0, 0.1) is 0 Å². The zero-order valence-electron chi connectivity index (χ0n) is 22.0. The van der Waals surface area contributed by atoms with Gasteiger partial charge in [-0.25, -0.2) is 9.97 Å². The molecule has 198 valence electrons. The van der Waals surface area contributed by atoms with Gasteiger partial charge in [0.1, 0.15) is 5.65 Å². The Hall–Kier alpha value is -3.34. The first-order valence-corrected chi connectivity index (χ1v) is 14.3. The molecule has 2 aliphatic rings. The number of piperidine rings is 1. The maximum absolute atomic E-state index is 13.5. The maximum atomic E-state index is 13.5. The summed E-state index contributed by atoms with van der Waals surface area (Å²) in [6.07, 6.45) is 5.83. The van der Waals surface area contributed by atoms with Gasteiger partial charge in [0, 0.05) is 67.8 Å². The number of nitrogens with one attached hydrogen (secondary N) is 2. The standard InChI is InChI=1S/C28H34N8OS/c1-3-36-25-20(16-23(27(36)37)24-18-30-26(38-24)19-8-10-29-11-9-19)17-31-28(33-25)32-21-4-6-22(7-5-21)35-14-12-34(2)13-15-35/h4-7,16-19,29H,3,8-15H2,1-2H3,(H,31,32,33). The molecular formula is C28H34N8OS. The lowest BCUT2D eigenvalue weighted by Gasteiger charge is -2.34. The summed E-state index contributed by atoms with van der Waals surface area (Å²) in [5, 5.41) is 8.68. The molecule has 6 rings (SSSR count). The number of hydrogen-bond donors (Lipinski definition) is 2. The fourth-order valence-electron chi connectivity index (χ4n) is 5.31. The van der Waals surface area contributed by atoms with Crippen LogP contribution in [-0.2, 0) is 6.54 Å². The monoisotopic (exact) mass is 530 g/mol. The van der Waals surface area contributed by atoms with Crippen LogP contribution in [0.25, 0.3) is 21.5 Å². The highest BCUT2D eigenvalue weighted by Crippen LogP contribution is 2.33. The lowest BCUT2D eigenvalue weighted by Crippen LogP contribution is -2.44. The molecule has 0 spiro atoms. The predicted molar refractivity (Wildman–Crippen MR) is 155 cm³/mol. The molecular weight excluding hydrogens is 496 g/mol. The highest BCUT2D eigenvalue weighted by molar-refractivity contribution is 7.15. The van der Waals surface area contributed by atoms with E-state index in [-0.39, 0.29) is 5.56 Å². The van der Waals surface area contributed by atoms with E-state index >= 15 is 0 Å². The van der Waals surface area contributed by atoms with E-state index in [1.54, 1.807) is 22.1 Å². The average Bonchev–Trinajstić information content (AvgIpc) is 3.44. The van der Waals surface area contributed by atoms with Gasteiger partial charge in [0.05, 0.1) is 15.4 Å². The lowest BCUT2D eigenvalue weighted by molar-refractivity contribution is 0.313. The quantitative estimate of drug-likeness (QED) is 0.388. The SMILES string of the molecule is CCn1c(=O)c(-c2cnc(C3CCNCC3)s2)cc2cnc(Nc3ccc(N4CCN(C)CC4)cc3)nc21. The van der Waals surface area contributed by atoms with E-state index in [9.17, 15) is 4.79 Å². The molecule has 0 aliphatic carbocycles. The van der Waals surface area contributed by atoms with Gasteiger partial charge in [-0.15, -0.1) is 11.3 Å². The van der Waals surface area contributed by atoms with Gasteiger partial charge in [0.15, 0.2) is 0 Å². The summed E-state index contributed by atoms with van der Waals surface area (Å²) in [5.74, 6) is 0.946. The number of piperazine rings is 1. The number of hydrogen-bond acceptors (Lipinski definition) is 9. The Balaban J connectivity index is 1.25. The van der Waals surface area contributed by atoms with Crippen LogP contribution >= 0.6 is 11.3 Å². The molecule has 2 saturated heterocycles. The minimum atomic E-state index is -0.0401. The van der Waals surface area contributed by atoms with Crippen LogP contribution < -0.4 is 21.1 Å². The fourth-order valence-corrected chi connectivity index (χ4v) is 6.40. The number of anilines is 3. The molecule has 2 N–H and O–H groups in total. The third kappa shape index (κ3) is 5.03. The van der Waals surface area contributed by atoms with Crippen molar-refractivity contribution in [2.24, 2.45) is 0 Å². The second-order valence-corrected chi connectivity index (χ2v) is 11.2. The first kappa shape index (κ1) is 25.0. The van der Waals surface area contributed by atoms with Crippen LogP contribution in [0.4, 0.5) is 17.3 Å². The molecule has 9 nitrogen and oxygen atoms in total. The molecule has 38 heavy (non-hydrogen) atoms. The minimum absolute atomic E-state index is 0.0401. The summed E-state index contributed by atoms with van der Waals surface area (Å²) in [6, 6.07) is 10.3. The van der Waals surface area contributed by atoms with E-state index in [0.29, 0.717) is 29.6 Å². The van der Waals surface area contributed by atoms with Crippen LogP contribution in [0.3, 0.4) is 0 Å². The second-order valence-electron chi connectivity index (χ2n) is 10.1. The highest BCUT2D eigenvalue weighted by atomic mass is 32.1. The van der Waals surface area contributed by atoms with E-state index in [1.807, 2.05) is 19.2 Å². The summed E-state index contributed by atoms with van der Waals surface area (Å²) < 4.78 is 1.73. The van der Waals surface area contributed by atoms with Crippen LogP contribution in [0.15, 0.2) is 47.5 Å². The fraction of sp³-hybridized carbons (Fsp3) is 0.429. The Labute approximate surface area is 226 Å². The third-order valence-electron chi connectivity index (χ3n) is 7.61. The first-order valence-electron chi connectivity index (χ1n) is 13.5. The van der Waals surface area contributed by atoms with E-state index < -0.39 is 0 Å². The maximum Gasteiger partial charge on any atom is 0.260 e. The number of pyridine rings is 1. The molecule has 0 saturated carbocycles. The van der Waals surface area contributed by atoms with Crippen molar-refractivity contribution >= 4 is 39.7 Å². The minimum Gasteiger partial charge on any atom is -0.369 e. The molecule has 0 amide bonds.